The monoisotopic (exact) mass is 547 g/mol. The molecule has 7 rings (SSSR count). The molecule has 0 N–H and O–H groups in total. The lowest BCUT2D eigenvalue weighted by atomic mass is 9.31. The van der Waals surface area contributed by atoms with E-state index in [-0.39, 0.29) is 27.5 Å². The first-order valence-corrected chi connectivity index (χ1v) is 16.6. The molecule has 1 heterocycles. The van der Waals surface area contributed by atoms with Crippen LogP contribution in [-0.2, 0) is 10.3 Å². The van der Waals surface area contributed by atoms with Crippen molar-refractivity contribution in [2.75, 3.05) is 0 Å². The molecular formula is C36H53NO3. The van der Waals surface area contributed by atoms with Crippen LogP contribution in [-0.4, -0.2) is 11.0 Å². The van der Waals surface area contributed by atoms with Gasteiger partial charge in [-0.15, -0.1) is 0 Å². The van der Waals surface area contributed by atoms with E-state index in [1.54, 1.807) is 12.1 Å². The number of epoxide rings is 1. The first-order valence-electron chi connectivity index (χ1n) is 16.6. The van der Waals surface area contributed by atoms with Crippen LogP contribution in [0, 0.1) is 72.7 Å². The summed E-state index contributed by atoms with van der Waals surface area (Å²) in [6.07, 6.45) is 12.0. The van der Waals surface area contributed by atoms with Gasteiger partial charge in [-0.3, -0.25) is 10.1 Å². The SMILES string of the molecule is C[C@@H]1[C@H]2[C@H]3CC[C@@H]4[C@@]5(C)C[C@H]6O[C@]6(c6ccccc6[N+](=O)[O-])C(C)(C)[C@@H]5CC[C@@]4(C)[C@]3(C)CC[C@@]2(C)CC[C@H]1C. The molecule has 5 saturated carbocycles. The number of nitro benzene ring substituents is 1. The van der Waals surface area contributed by atoms with E-state index in [9.17, 15) is 10.1 Å². The highest BCUT2D eigenvalue weighted by atomic mass is 16.6. The predicted octanol–water partition coefficient (Wildman–Crippen LogP) is 9.56. The van der Waals surface area contributed by atoms with E-state index >= 15 is 0 Å². The number of benzene rings is 1. The Morgan fingerprint density at radius 2 is 1.57 bits per heavy atom. The molecular weight excluding hydrogens is 494 g/mol. The molecule has 0 radical (unpaired) electrons. The molecule has 1 aromatic carbocycles. The number of fused-ring (bicyclic) bond motifs is 8. The van der Waals surface area contributed by atoms with Crippen LogP contribution >= 0.6 is 0 Å². The summed E-state index contributed by atoms with van der Waals surface area (Å²) in [5.74, 6) is 4.56. The third-order valence-corrected chi connectivity index (χ3v) is 16.0. The Morgan fingerprint density at radius 1 is 0.850 bits per heavy atom. The van der Waals surface area contributed by atoms with Crippen molar-refractivity contribution in [3.63, 3.8) is 0 Å². The van der Waals surface area contributed by atoms with Gasteiger partial charge in [0.25, 0.3) is 5.69 Å². The fourth-order valence-electron chi connectivity index (χ4n) is 13.7. The molecule has 0 spiro atoms. The maximum absolute atomic E-state index is 12.1. The smallest absolute Gasteiger partial charge is 0.275 e. The maximum atomic E-state index is 12.1. The zero-order valence-corrected chi connectivity index (χ0v) is 26.4. The molecule has 0 aromatic heterocycles. The van der Waals surface area contributed by atoms with Crippen molar-refractivity contribution in [2.24, 2.45) is 62.6 Å². The molecule has 40 heavy (non-hydrogen) atoms. The highest BCUT2D eigenvalue weighted by Crippen LogP contribution is 2.81. The summed E-state index contributed by atoms with van der Waals surface area (Å²) < 4.78 is 6.76. The quantitative estimate of drug-likeness (QED) is 0.210. The minimum Gasteiger partial charge on any atom is -0.360 e. The Bertz CT molecular complexity index is 1240. The van der Waals surface area contributed by atoms with Crippen LogP contribution in [0.3, 0.4) is 0 Å². The Kier molecular flexibility index (Phi) is 5.58. The third kappa shape index (κ3) is 3.03. The average Bonchev–Trinajstić information content (AvgIpc) is 3.62. The van der Waals surface area contributed by atoms with E-state index < -0.39 is 5.60 Å². The number of hydrogen-bond acceptors (Lipinski definition) is 3. The van der Waals surface area contributed by atoms with E-state index in [1.807, 2.05) is 12.1 Å². The number of rotatable bonds is 2. The summed E-state index contributed by atoms with van der Waals surface area (Å²) in [5, 5.41) is 12.1. The van der Waals surface area contributed by atoms with E-state index in [0.29, 0.717) is 28.1 Å². The second-order valence-electron chi connectivity index (χ2n) is 17.3. The molecule has 220 valence electrons. The van der Waals surface area contributed by atoms with Gasteiger partial charge in [-0.25, -0.2) is 0 Å². The van der Waals surface area contributed by atoms with Gasteiger partial charge >= 0.3 is 0 Å². The summed E-state index contributed by atoms with van der Waals surface area (Å²) in [6.45, 7) is 20.6. The average molecular weight is 548 g/mol. The van der Waals surface area contributed by atoms with E-state index in [0.717, 1.165) is 35.7 Å². The van der Waals surface area contributed by atoms with Crippen LogP contribution in [0.1, 0.15) is 119 Å². The summed E-state index contributed by atoms with van der Waals surface area (Å²) in [6, 6.07) is 7.41. The fraction of sp³-hybridized carbons (Fsp3) is 0.833. The molecule has 6 fully saturated rings. The number of nitrogens with zero attached hydrogens (tertiary/aromatic N) is 1. The van der Waals surface area contributed by atoms with E-state index in [1.165, 1.54) is 51.4 Å². The Hall–Kier alpha value is -1.42. The van der Waals surface area contributed by atoms with Crippen molar-refractivity contribution in [1.29, 1.82) is 0 Å². The topological polar surface area (TPSA) is 55.7 Å². The Labute approximate surface area is 242 Å². The maximum Gasteiger partial charge on any atom is 0.275 e. The molecule has 0 amide bonds. The van der Waals surface area contributed by atoms with Crippen LogP contribution in [0.2, 0.25) is 0 Å². The Morgan fingerprint density at radius 3 is 2.30 bits per heavy atom. The molecule has 5 aliphatic carbocycles. The zero-order valence-electron chi connectivity index (χ0n) is 26.4. The van der Waals surface area contributed by atoms with E-state index in [2.05, 4.69) is 55.4 Å². The first-order chi connectivity index (χ1) is 18.7. The number of para-hydroxylation sites is 1. The van der Waals surface area contributed by atoms with Crippen LogP contribution in [0.5, 0.6) is 0 Å². The predicted molar refractivity (Wildman–Crippen MR) is 160 cm³/mol. The molecule has 1 aromatic rings. The standard InChI is InChI=1S/C36H53NO3/c1-22-15-17-32(5)19-20-34(7)25(30(32)23(22)2)13-14-28-33(6)21-29-36(40-29,24-11-9-10-12-26(24)37(38)39)31(3,4)27(33)16-18-35(28,34)8/h9-12,22-23,25,27-30H,13-21H2,1-8H3/t22-,23+,25-,27+,28-,29-,30+,32-,33+,34-,35-,36+/m1/s1. The van der Waals surface area contributed by atoms with Crippen LogP contribution in [0.15, 0.2) is 24.3 Å². The second-order valence-corrected chi connectivity index (χ2v) is 17.3. The van der Waals surface area contributed by atoms with Gasteiger partial charge < -0.3 is 4.74 Å². The number of ether oxygens (including phenoxy) is 1. The van der Waals surface area contributed by atoms with Crippen LogP contribution in [0.25, 0.3) is 0 Å². The first kappa shape index (κ1) is 27.4. The molecule has 0 unspecified atom stereocenters. The van der Waals surface area contributed by atoms with Crippen molar-refractivity contribution in [1.82, 2.24) is 0 Å². The van der Waals surface area contributed by atoms with Gasteiger partial charge in [0.15, 0.2) is 0 Å². The third-order valence-electron chi connectivity index (χ3n) is 16.0. The Balaban J connectivity index is 1.26. The molecule has 0 bridgehead atoms. The largest absolute Gasteiger partial charge is 0.360 e. The number of nitro groups is 1. The highest BCUT2D eigenvalue weighted by Gasteiger charge is 2.79. The van der Waals surface area contributed by atoms with E-state index in [4.69, 9.17) is 4.74 Å². The van der Waals surface area contributed by atoms with Crippen molar-refractivity contribution in [3.05, 3.63) is 39.9 Å². The lowest BCUT2D eigenvalue weighted by Gasteiger charge is -2.73. The fourth-order valence-corrected chi connectivity index (χ4v) is 13.7. The zero-order chi connectivity index (χ0) is 28.7. The molecule has 1 aliphatic heterocycles. The van der Waals surface area contributed by atoms with Gasteiger partial charge in [0.1, 0.15) is 5.60 Å². The van der Waals surface area contributed by atoms with Gasteiger partial charge in [-0.2, -0.15) is 0 Å². The summed E-state index contributed by atoms with van der Waals surface area (Å²) >= 11 is 0. The van der Waals surface area contributed by atoms with Gasteiger partial charge in [0.05, 0.1) is 16.6 Å². The minimum atomic E-state index is -0.532. The van der Waals surface area contributed by atoms with Crippen molar-refractivity contribution < 1.29 is 9.66 Å². The molecule has 1 saturated heterocycles. The summed E-state index contributed by atoms with van der Waals surface area (Å²) in [7, 11) is 0. The molecule has 4 heteroatoms. The number of hydrogen-bond donors (Lipinski definition) is 0. The minimum absolute atomic E-state index is 0.0755. The molecule has 6 aliphatic rings. The summed E-state index contributed by atoms with van der Waals surface area (Å²) in [4.78, 5) is 11.9. The molecule has 4 nitrogen and oxygen atoms in total. The second kappa shape index (κ2) is 8.14. The van der Waals surface area contributed by atoms with Crippen LogP contribution < -0.4 is 0 Å². The van der Waals surface area contributed by atoms with Crippen molar-refractivity contribution in [2.45, 2.75) is 125 Å². The highest BCUT2D eigenvalue weighted by molar-refractivity contribution is 5.50. The normalized spacial score (nSPS) is 54.1. The summed E-state index contributed by atoms with van der Waals surface area (Å²) in [5.41, 5.74) is 1.81. The lowest BCUT2D eigenvalue weighted by molar-refractivity contribution is -0.386. The van der Waals surface area contributed by atoms with Gasteiger partial charge in [-0.05, 0) is 121 Å². The van der Waals surface area contributed by atoms with Crippen molar-refractivity contribution in [3.8, 4) is 0 Å². The van der Waals surface area contributed by atoms with Gasteiger partial charge in [-0.1, -0.05) is 67.5 Å². The van der Waals surface area contributed by atoms with Crippen molar-refractivity contribution >= 4 is 5.69 Å². The molecule has 12 atom stereocenters. The lowest BCUT2D eigenvalue weighted by Crippen LogP contribution is -2.67. The van der Waals surface area contributed by atoms with Crippen LogP contribution in [0.4, 0.5) is 5.69 Å². The van der Waals surface area contributed by atoms with Gasteiger partial charge in [0.2, 0.25) is 0 Å². The van der Waals surface area contributed by atoms with Gasteiger partial charge in [0, 0.05) is 11.5 Å².